The van der Waals surface area contributed by atoms with Gasteiger partial charge in [0.05, 0.1) is 31.6 Å². The number of carbonyl (C=O) groups excluding carboxylic acids is 2. The molecular formula is C20H24N4O4. The molecule has 0 saturated carbocycles. The van der Waals surface area contributed by atoms with Gasteiger partial charge in [-0.3, -0.25) is 14.7 Å². The number of carbonyl (C=O) groups is 2. The van der Waals surface area contributed by atoms with Crippen LogP contribution >= 0.6 is 0 Å². The Kier molecular flexibility index (Phi) is 6.94. The normalized spacial score (nSPS) is 14.3. The van der Waals surface area contributed by atoms with E-state index < -0.39 is 5.97 Å². The summed E-state index contributed by atoms with van der Waals surface area (Å²) in [7, 11) is 1.34. The molecule has 8 heteroatoms. The van der Waals surface area contributed by atoms with Crippen LogP contribution in [0.15, 0.2) is 42.6 Å². The summed E-state index contributed by atoms with van der Waals surface area (Å²) in [5.41, 5.74) is 1.98. The van der Waals surface area contributed by atoms with Gasteiger partial charge in [0.1, 0.15) is 5.69 Å². The highest BCUT2D eigenvalue weighted by molar-refractivity contribution is 5.97. The number of esters is 1. The summed E-state index contributed by atoms with van der Waals surface area (Å²) < 4.78 is 10.1. The van der Waals surface area contributed by atoms with E-state index in [1.54, 1.807) is 36.5 Å². The predicted octanol–water partition coefficient (Wildman–Crippen LogP) is 1.67. The predicted molar refractivity (Wildman–Crippen MR) is 105 cm³/mol. The van der Waals surface area contributed by atoms with Gasteiger partial charge in [-0.1, -0.05) is 12.1 Å². The number of anilines is 2. The number of nitrogens with one attached hydrogen (secondary N) is 2. The number of morpholine rings is 1. The van der Waals surface area contributed by atoms with Crippen molar-refractivity contribution in [2.75, 3.05) is 51.8 Å². The first-order valence-corrected chi connectivity index (χ1v) is 9.16. The zero-order chi connectivity index (χ0) is 19.8. The SMILES string of the molecule is COC(=O)c1ccccc1Nc1ccnc(C(=O)NCCN2CCOCC2)c1. The van der Waals surface area contributed by atoms with Gasteiger partial charge in [-0.15, -0.1) is 0 Å². The fraction of sp³-hybridized carbons (Fsp3) is 0.350. The first kappa shape index (κ1) is 19.8. The van der Waals surface area contributed by atoms with E-state index in [9.17, 15) is 9.59 Å². The molecule has 0 unspecified atom stereocenters. The van der Waals surface area contributed by atoms with Crippen LogP contribution in [0.5, 0.6) is 0 Å². The quantitative estimate of drug-likeness (QED) is 0.702. The number of pyridine rings is 1. The minimum Gasteiger partial charge on any atom is -0.465 e. The second kappa shape index (κ2) is 9.82. The van der Waals surface area contributed by atoms with Crippen molar-refractivity contribution in [3.05, 3.63) is 53.9 Å². The molecule has 0 bridgehead atoms. The molecule has 3 rings (SSSR count). The number of nitrogens with zero attached hydrogens (tertiary/aromatic N) is 2. The van der Waals surface area contributed by atoms with Crippen LogP contribution in [-0.4, -0.2) is 68.3 Å². The number of aromatic nitrogens is 1. The van der Waals surface area contributed by atoms with Gasteiger partial charge in [0.15, 0.2) is 0 Å². The number of rotatable bonds is 7. The van der Waals surface area contributed by atoms with Crippen LogP contribution in [-0.2, 0) is 9.47 Å². The lowest BCUT2D eigenvalue weighted by Crippen LogP contribution is -2.41. The van der Waals surface area contributed by atoms with Crippen molar-refractivity contribution < 1.29 is 19.1 Å². The van der Waals surface area contributed by atoms with Crippen LogP contribution in [0.4, 0.5) is 11.4 Å². The van der Waals surface area contributed by atoms with Crippen molar-refractivity contribution in [3.8, 4) is 0 Å². The highest BCUT2D eigenvalue weighted by Gasteiger charge is 2.14. The molecule has 8 nitrogen and oxygen atoms in total. The van der Waals surface area contributed by atoms with E-state index in [1.165, 1.54) is 7.11 Å². The summed E-state index contributed by atoms with van der Waals surface area (Å²) in [5, 5.41) is 6.04. The third-order valence-electron chi connectivity index (χ3n) is 4.42. The van der Waals surface area contributed by atoms with Crippen molar-refractivity contribution in [1.82, 2.24) is 15.2 Å². The van der Waals surface area contributed by atoms with E-state index in [0.29, 0.717) is 29.2 Å². The summed E-state index contributed by atoms with van der Waals surface area (Å²) in [6, 6.07) is 10.4. The third kappa shape index (κ3) is 5.28. The maximum atomic E-state index is 12.4. The van der Waals surface area contributed by atoms with Crippen LogP contribution < -0.4 is 10.6 Å². The minimum atomic E-state index is -0.432. The zero-order valence-electron chi connectivity index (χ0n) is 15.8. The fourth-order valence-electron chi connectivity index (χ4n) is 2.91. The Labute approximate surface area is 163 Å². The molecule has 1 aliphatic heterocycles. The van der Waals surface area contributed by atoms with Gasteiger partial charge in [0.25, 0.3) is 5.91 Å². The monoisotopic (exact) mass is 384 g/mol. The first-order valence-electron chi connectivity index (χ1n) is 9.16. The molecule has 28 heavy (non-hydrogen) atoms. The maximum absolute atomic E-state index is 12.4. The lowest BCUT2D eigenvalue weighted by molar-refractivity contribution is 0.0383. The van der Waals surface area contributed by atoms with Crippen molar-refractivity contribution in [2.45, 2.75) is 0 Å². The van der Waals surface area contributed by atoms with E-state index in [2.05, 4.69) is 20.5 Å². The fourth-order valence-corrected chi connectivity index (χ4v) is 2.91. The van der Waals surface area contributed by atoms with Gasteiger partial charge in [-0.2, -0.15) is 0 Å². The van der Waals surface area contributed by atoms with Gasteiger partial charge < -0.3 is 20.1 Å². The van der Waals surface area contributed by atoms with Gasteiger partial charge in [-0.05, 0) is 24.3 Å². The standard InChI is InChI=1S/C20H24N4O4/c1-27-20(26)16-4-2-3-5-17(16)23-15-6-7-21-18(14-15)19(25)22-8-9-24-10-12-28-13-11-24/h2-7,14H,8-13H2,1H3,(H,21,23)(H,22,25). The molecular weight excluding hydrogens is 360 g/mol. The molecule has 1 aliphatic rings. The van der Waals surface area contributed by atoms with E-state index in [0.717, 1.165) is 32.8 Å². The molecule has 0 atom stereocenters. The highest BCUT2D eigenvalue weighted by atomic mass is 16.5. The van der Waals surface area contributed by atoms with E-state index in [1.807, 2.05) is 6.07 Å². The molecule has 148 valence electrons. The lowest BCUT2D eigenvalue weighted by atomic mass is 10.1. The molecule has 1 amide bonds. The third-order valence-corrected chi connectivity index (χ3v) is 4.42. The second-order valence-electron chi connectivity index (χ2n) is 6.30. The largest absolute Gasteiger partial charge is 0.465 e. The van der Waals surface area contributed by atoms with Gasteiger partial charge >= 0.3 is 5.97 Å². The van der Waals surface area contributed by atoms with E-state index in [4.69, 9.17) is 9.47 Å². The summed E-state index contributed by atoms with van der Waals surface area (Å²) in [5.74, 6) is -0.670. The average molecular weight is 384 g/mol. The molecule has 1 aromatic heterocycles. The molecule has 2 aromatic rings. The summed E-state index contributed by atoms with van der Waals surface area (Å²) >= 11 is 0. The molecule has 2 N–H and O–H groups in total. The lowest BCUT2D eigenvalue weighted by Gasteiger charge is -2.26. The zero-order valence-corrected chi connectivity index (χ0v) is 15.8. The Morgan fingerprint density at radius 1 is 1.21 bits per heavy atom. The van der Waals surface area contributed by atoms with Crippen LogP contribution in [0.25, 0.3) is 0 Å². The summed E-state index contributed by atoms with van der Waals surface area (Å²) in [4.78, 5) is 30.7. The topological polar surface area (TPSA) is 92.8 Å². The maximum Gasteiger partial charge on any atom is 0.339 e. The molecule has 1 saturated heterocycles. The van der Waals surface area contributed by atoms with Crippen molar-refractivity contribution in [1.29, 1.82) is 0 Å². The number of ether oxygens (including phenoxy) is 2. The Bertz CT molecular complexity index is 821. The highest BCUT2D eigenvalue weighted by Crippen LogP contribution is 2.21. The number of hydrogen-bond acceptors (Lipinski definition) is 7. The smallest absolute Gasteiger partial charge is 0.339 e. The average Bonchev–Trinajstić information content (AvgIpc) is 2.74. The Balaban J connectivity index is 1.61. The number of methoxy groups -OCH3 is 1. The summed E-state index contributed by atoms with van der Waals surface area (Å²) in [6.07, 6.45) is 1.56. The minimum absolute atomic E-state index is 0.238. The van der Waals surface area contributed by atoms with Gasteiger partial charge in [-0.25, -0.2) is 4.79 Å². The van der Waals surface area contributed by atoms with Crippen LogP contribution in [0.2, 0.25) is 0 Å². The molecule has 1 fully saturated rings. The van der Waals surface area contributed by atoms with Crippen LogP contribution in [0.1, 0.15) is 20.8 Å². The molecule has 2 heterocycles. The Morgan fingerprint density at radius 3 is 2.79 bits per heavy atom. The number of benzene rings is 1. The first-order chi connectivity index (χ1) is 13.7. The van der Waals surface area contributed by atoms with E-state index in [-0.39, 0.29) is 5.91 Å². The Morgan fingerprint density at radius 2 is 2.00 bits per heavy atom. The second-order valence-corrected chi connectivity index (χ2v) is 6.30. The number of hydrogen-bond donors (Lipinski definition) is 2. The summed E-state index contributed by atoms with van der Waals surface area (Å²) in [6.45, 7) is 4.55. The molecule has 0 spiro atoms. The van der Waals surface area contributed by atoms with Crippen molar-refractivity contribution in [2.24, 2.45) is 0 Å². The van der Waals surface area contributed by atoms with Crippen LogP contribution in [0.3, 0.4) is 0 Å². The molecule has 0 radical (unpaired) electrons. The van der Waals surface area contributed by atoms with E-state index >= 15 is 0 Å². The number of amides is 1. The Hall–Kier alpha value is -2.97. The molecule has 0 aliphatic carbocycles. The molecule has 1 aromatic carbocycles. The van der Waals surface area contributed by atoms with Crippen LogP contribution in [0, 0.1) is 0 Å². The van der Waals surface area contributed by atoms with Gasteiger partial charge in [0.2, 0.25) is 0 Å². The van der Waals surface area contributed by atoms with Gasteiger partial charge in [0, 0.05) is 38.1 Å². The van der Waals surface area contributed by atoms with Crippen molar-refractivity contribution in [3.63, 3.8) is 0 Å². The number of para-hydroxylation sites is 1. The van der Waals surface area contributed by atoms with Crippen molar-refractivity contribution >= 4 is 23.3 Å².